The van der Waals surface area contributed by atoms with Crippen LogP contribution < -0.4 is 15.4 Å². The number of nitro benzene ring substituents is 1. The molecule has 4 rings (SSSR count). The summed E-state index contributed by atoms with van der Waals surface area (Å²) < 4.78 is 6.71. The van der Waals surface area contributed by atoms with E-state index < -0.39 is 16.9 Å². The zero-order chi connectivity index (χ0) is 23.0. The highest BCUT2D eigenvalue weighted by Crippen LogP contribution is 2.38. The second kappa shape index (κ2) is 8.14. The summed E-state index contributed by atoms with van der Waals surface area (Å²) in [7, 11) is 1.59. The number of carbonyl (C=O) groups excluding carboxylic acids is 2. The first-order valence-electron chi connectivity index (χ1n) is 9.87. The molecule has 10 nitrogen and oxygen atoms in total. The van der Waals surface area contributed by atoms with Gasteiger partial charge in [-0.2, -0.15) is 5.10 Å². The topological polar surface area (TPSA) is 128 Å². The summed E-state index contributed by atoms with van der Waals surface area (Å²) in [6.45, 7) is 3.45. The Bertz CT molecular complexity index is 1230. The number of nitro groups is 1. The summed E-state index contributed by atoms with van der Waals surface area (Å²) in [4.78, 5) is 35.8. The van der Waals surface area contributed by atoms with Gasteiger partial charge in [0.05, 0.1) is 24.1 Å². The zero-order valence-electron chi connectivity index (χ0n) is 17.7. The van der Waals surface area contributed by atoms with Crippen molar-refractivity contribution in [3.63, 3.8) is 0 Å². The van der Waals surface area contributed by atoms with Crippen molar-refractivity contribution in [3.8, 4) is 16.9 Å². The van der Waals surface area contributed by atoms with Crippen LogP contribution in [0.25, 0.3) is 11.1 Å². The SMILES string of the molecule is COc1ccc(-c2c(C)nn3c2NC(=O)C3CC(=O)Nc2ccc(C)c([N+](=O)[O-])c2)cc1. The van der Waals surface area contributed by atoms with Crippen LogP contribution in [-0.4, -0.2) is 33.6 Å². The summed E-state index contributed by atoms with van der Waals surface area (Å²) >= 11 is 0. The van der Waals surface area contributed by atoms with Gasteiger partial charge in [-0.25, -0.2) is 4.68 Å². The molecule has 1 aliphatic heterocycles. The Labute approximate surface area is 183 Å². The Hall–Kier alpha value is -4.21. The molecule has 1 unspecified atom stereocenters. The molecule has 0 fully saturated rings. The molecule has 0 saturated heterocycles. The molecule has 0 saturated carbocycles. The van der Waals surface area contributed by atoms with Crippen molar-refractivity contribution in [2.24, 2.45) is 0 Å². The second-order valence-corrected chi connectivity index (χ2v) is 7.50. The van der Waals surface area contributed by atoms with Crippen molar-refractivity contribution >= 4 is 29.0 Å². The van der Waals surface area contributed by atoms with Crippen molar-refractivity contribution in [1.82, 2.24) is 9.78 Å². The molecule has 2 amide bonds. The second-order valence-electron chi connectivity index (χ2n) is 7.50. The van der Waals surface area contributed by atoms with Gasteiger partial charge < -0.3 is 15.4 Å². The van der Waals surface area contributed by atoms with Crippen molar-refractivity contribution in [3.05, 3.63) is 63.8 Å². The Kier molecular flexibility index (Phi) is 5.35. The Morgan fingerprint density at radius 2 is 1.97 bits per heavy atom. The maximum Gasteiger partial charge on any atom is 0.274 e. The van der Waals surface area contributed by atoms with E-state index in [0.717, 1.165) is 11.1 Å². The minimum Gasteiger partial charge on any atom is -0.497 e. The normalized spacial score (nSPS) is 14.6. The summed E-state index contributed by atoms with van der Waals surface area (Å²) in [6.07, 6.45) is -0.163. The molecule has 2 heterocycles. The summed E-state index contributed by atoms with van der Waals surface area (Å²) in [6, 6.07) is 11.0. The standard InChI is InChI=1S/C22H21N5O5/c1-12-4-7-15(10-17(12)27(30)31)23-19(28)11-18-22(29)24-21-20(13(2)25-26(18)21)14-5-8-16(32-3)9-6-14/h4-10,18H,11H2,1-3H3,(H,23,28)(H,24,29). The fourth-order valence-corrected chi connectivity index (χ4v) is 3.76. The third-order valence-electron chi connectivity index (χ3n) is 5.37. The van der Waals surface area contributed by atoms with Crippen LogP contribution in [0.5, 0.6) is 5.75 Å². The highest BCUT2D eigenvalue weighted by Gasteiger charge is 2.36. The molecule has 1 aliphatic rings. The van der Waals surface area contributed by atoms with Gasteiger partial charge >= 0.3 is 0 Å². The van der Waals surface area contributed by atoms with Crippen LogP contribution in [0.15, 0.2) is 42.5 Å². The molecule has 0 bridgehead atoms. The van der Waals surface area contributed by atoms with Crippen LogP contribution in [0.3, 0.4) is 0 Å². The van der Waals surface area contributed by atoms with Crippen LogP contribution in [0, 0.1) is 24.0 Å². The molecule has 164 valence electrons. The number of nitrogens with one attached hydrogen (secondary N) is 2. The lowest BCUT2D eigenvalue weighted by molar-refractivity contribution is -0.385. The quantitative estimate of drug-likeness (QED) is 0.450. The number of rotatable bonds is 6. The predicted octanol–water partition coefficient (Wildman–Crippen LogP) is 3.61. The Morgan fingerprint density at radius 1 is 1.25 bits per heavy atom. The van der Waals surface area contributed by atoms with E-state index in [1.54, 1.807) is 26.2 Å². The molecule has 0 aliphatic carbocycles. The highest BCUT2D eigenvalue weighted by molar-refractivity contribution is 6.04. The van der Waals surface area contributed by atoms with Gasteiger partial charge in [-0.15, -0.1) is 0 Å². The zero-order valence-corrected chi connectivity index (χ0v) is 17.7. The molecule has 1 aromatic heterocycles. The van der Waals surface area contributed by atoms with Gasteiger partial charge in [0.1, 0.15) is 17.6 Å². The molecule has 32 heavy (non-hydrogen) atoms. The number of aryl methyl sites for hydroxylation is 2. The van der Waals surface area contributed by atoms with Crippen molar-refractivity contribution in [1.29, 1.82) is 0 Å². The number of ether oxygens (including phenoxy) is 1. The molecule has 0 spiro atoms. The largest absolute Gasteiger partial charge is 0.497 e. The number of anilines is 2. The minimum absolute atomic E-state index is 0.0875. The van der Waals surface area contributed by atoms with E-state index in [1.165, 1.54) is 10.7 Å². The minimum atomic E-state index is -0.823. The first kappa shape index (κ1) is 21.0. The van der Waals surface area contributed by atoms with Crippen LogP contribution in [0.4, 0.5) is 17.2 Å². The van der Waals surface area contributed by atoms with Gasteiger partial charge in [0.25, 0.3) is 11.6 Å². The van der Waals surface area contributed by atoms with E-state index in [-0.39, 0.29) is 18.0 Å². The van der Waals surface area contributed by atoms with Gasteiger partial charge in [0.2, 0.25) is 5.91 Å². The first-order chi connectivity index (χ1) is 15.3. The Morgan fingerprint density at radius 3 is 2.62 bits per heavy atom. The Balaban J connectivity index is 1.56. The molecular weight excluding hydrogens is 414 g/mol. The maximum atomic E-state index is 12.6. The molecular formula is C22H21N5O5. The number of benzene rings is 2. The first-order valence-corrected chi connectivity index (χ1v) is 9.87. The number of fused-ring (bicyclic) bond motifs is 1. The maximum absolute atomic E-state index is 12.6. The third kappa shape index (κ3) is 3.78. The number of aromatic nitrogens is 2. The van der Waals surface area contributed by atoms with Gasteiger partial charge in [-0.1, -0.05) is 18.2 Å². The fraction of sp³-hybridized carbons (Fsp3) is 0.227. The van der Waals surface area contributed by atoms with E-state index in [9.17, 15) is 19.7 Å². The van der Waals surface area contributed by atoms with Gasteiger partial charge in [0.15, 0.2) is 0 Å². The number of carbonyl (C=O) groups is 2. The van der Waals surface area contributed by atoms with Gasteiger partial charge in [-0.05, 0) is 37.6 Å². The van der Waals surface area contributed by atoms with E-state index >= 15 is 0 Å². The summed E-state index contributed by atoms with van der Waals surface area (Å²) in [5.74, 6) is 0.453. The van der Waals surface area contributed by atoms with Crippen molar-refractivity contribution in [2.75, 3.05) is 17.7 Å². The number of nitrogens with zero attached hydrogens (tertiary/aromatic N) is 3. The molecule has 10 heteroatoms. The van der Waals surface area contributed by atoms with E-state index in [4.69, 9.17) is 4.74 Å². The van der Waals surface area contributed by atoms with Crippen molar-refractivity contribution < 1.29 is 19.2 Å². The number of methoxy groups -OCH3 is 1. The predicted molar refractivity (Wildman–Crippen MR) is 118 cm³/mol. The number of hydrogen-bond acceptors (Lipinski definition) is 6. The number of hydrogen-bond donors (Lipinski definition) is 2. The summed E-state index contributed by atoms with van der Waals surface area (Å²) in [5.41, 5.74) is 3.05. The van der Waals surface area contributed by atoms with E-state index in [0.29, 0.717) is 28.5 Å². The third-order valence-corrected chi connectivity index (χ3v) is 5.37. The lowest BCUT2D eigenvalue weighted by Crippen LogP contribution is -2.23. The van der Waals surface area contributed by atoms with E-state index in [1.807, 2.05) is 31.2 Å². The molecule has 2 N–H and O–H groups in total. The van der Waals surface area contributed by atoms with Crippen LogP contribution in [0.1, 0.15) is 23.7 Å². The van der Waals surface area contributed by atoms with Crippen LogP contribution in [-0.2, 0) is 9.59 Å². The lowest BCUT2D eigenvalue weighted by Gasteiger charge is -2.10. The van der Waals surface area contributed by atoms with Crippen molar-refractivity contribution in [2.45, 2.75) is 26.3 Å². The average Bonchev–Trinajstić information content (AvgIpc) is 3.23. The smallest absolute Gasteiger partial charge is 0.274 e. The lowest BCUT2D eigenvalue weighted by atomic mass is 10.1. The fourth-order valence-electron chi connectivity index (χ4n) is 3.76. The molecule has 2 aromatic carbocycles. The van der Waals surface area contributed by atoms with Crippen LogP contribution >= 0.6 is 0 Å². The monoisotopic (exact) mass is 435 g/mol. The van der Waals surface area contributed by atoms with Gasteiger partial charge in [0, 0.05) is 22.9 Å². The molecule has 1 atom stereocenters. The van der Waals surface area contributed by atoms with E-state index in [2.05, 4.69) is 15.7 Å². The molecule has 0 radical (unpaired) electrons. The number of amides is 2. The molecule has 3 aromatic rings. The van der Waals surface area contributed by atoms with Crippen LogP contribution in [0.2, 0.25) is 0 Å². The average molecular weight is 435 g/mol. The van der Waals surface area contributed by atoms with Gasteiger partial charge in [-0.3, -0.25) is 19.7 Å². The summed E-state index contributed by atoms with van der Waals surface area (Å²) in [5, 5.41) is 21.1. The highest BCUT2D eigenvalue weighted by atomic mass is 16.6.